The van der Waals surface area contributed by atoms with Crippen LogP contribution in [0.3, 0.4) is 0 Å². The van der Waals surface area contributed by atoms with Gasteiger partial charge < -0.3 is 5.73 Å². The highest BCUT2D eigenvalue weighted by atomic mass is 79.9. The predicted octanol–water partition coefficient (Wildman–Crippen LogP) is 2.93. The lowest BCUT2D eigenvalue weighted by atomic mass is 9.89. The molecule has 1 aromatic carbocycles. The van der Waals surface area contributed by atoms with Crippen molar-refractivity contribution in [3.05, 3.63) is 34.3 Å². The predicted molar refractivity (Wildman–Crippen MR) is 71.3 cm³/mol. The van der Waals surface area contributed by atoms with Crippen LogP contribution in [-0.4, -0.2) is 24.5 Å². The van der Waals surface area contributed by atoms with Crippen LogP contribution in [0.4, 0.5) is 0 Å². The Morgan fingerprint density at radius 2 is 2.12 bits per heavy atom. The van der Waals surface area contributed by atoms with Crippen molar-refractivity contribution in [1.82, 2.24) is 4.90 Å². The second-order valence-corrected chi connectivity index (χ2v) is 5.38. The highest BCUT2D eigenvalue weighted by molar-refractivity contribution is 9.10. The number of nitrogens with two attached hydrogens (primary N) is 1. The van der Waals surface area contributed by atoms with E-state index < -0.39 is 0 Å². The van der Waals surface area contributed by atoms with E-state index in [-0.39, 0.29) is 0 Å². The average molecular weight is 283 g/mol. The Bertz CT molecular complexity index is 350. The minimum atomic E-state index is 0.334. The minimum Gasteiger partial charge on any atom is -0.329 e. The molecule has 1 unspecified atom stereocenters. The molecule has 0 aliphatic heterocycles. The third-order valence-electron chi connectivity index (χ3n) is 3.63. The van der Waals surface area contributed by atoms with Gasteiger partial charge in [-0.25, -0.2) is 0 Å². The molecule has 1 saturated carbocycles. The molecule has 1 fully saturated rings. The Morgan fingerprint density at radius 3 is 2.62 bits per heavy atom. The Morgan fingerprint density at radius 1 is 1.44 bits per heavy atom. The molecule has 1 aromatic rings. The molecule has 0 aromatic heterocycles. The van der Waals surface area contributed by atoms with Gasteiger partial charge in [0.05, 0.1) is 0 Å². The number of likely N-dealkylation sites (N-methyl/N-ethyl adjacent to an activating group) is 1. The van der Waals surface area contributed by atoms with Crippen molar-refractivity contribution in [3.63, 3.8) is 0 Å². The van der Waals surface area contributed by atoms with Crippen LogP contribution in [0.1, 0.15) is 30.9 Å². The summed E-state index contributed by atoms with van der Waals surface area (Å²) in [5.74, 6) is 0. The van der Waals surface area contributed by atoms with Gasteiger partial charge in [0.15, 0.2) is 0 Å². The van der Waals surface area contributed by atoms with Gasteiger partial charge in [-0.2, -0.15) is 0 Å². The SMILES string of the molecule is CN(C1CCC1)C(CN)c1ccccc1Br. The molecule has 0 spiro atoms. The zero-order valence-electron chi connectivity index (χ0n) is 9.70. The third kappa shape index (κ3) is 2.31. The summed E-state index contributed by atoms with van der Waals surface area (Å²) in [5.41, 5.74) is 7.23. The summed E-state index contributed by atoms with van der Waals surface area (Å²) in [6, 6.07) is 9.44. The number of halogens is 1. The van der Waals surface area contributed by atoms with Crippen molar-refractivity contribution in [1.29, 1.82) is 0 Å². The number of hydrogen-bond acceptors (Lipinski definition) is 2. The van der Waals surface area contributed by atoms with Crippen molar-refractivity contribution in [2.45, 2.75) is 31.3 Å². The summed E-state index contributed by atoms with van der Waals surface area (Å²) in [4.78, 5) is 2.43. The molecule has 0 bridgehead atoms. The van der Waals surface area contributed by atoms with Crippen molar-refractivity contribution in [3.8, 4) is 0 Å². The highest BCUT2D eigenvalue weighted by Crippen LogP contribution is 2.33. The van der Waals surface area contributed by atoms with Crippen LogP contribution < -0.4 is 5.73 Å². The molecule has 0 amide bonds. The first kappa shape index (κ1) is 12.1. The number of nitrogens with zero attached hydrogens (tertiary/aromatic N) is 1. The van der Waals surface area contributed by atoms with Gasteiger partial charge >= 0.3 is 0 Å². The summed E-state index contributed by atoms with van der Waals surface area (Å²) >= 11 is 3.61. The van der Waals surface area contributed by atoms with Gasteiger partial charge in [0, 0.05) is 23.1 Å². The van der Waals surface area contributed by atoms with E-state index in [0.29, 0.717) is 12.6 Å². The maximum Gasteiger partial charge on any atom is 0.0481 e. The summed E-state index contributed by atoms with van der Waals surface area (Å²) in [6.45, 7) is 0.676. The standard InChI is InChI=1S/C13H19BrN2/c1-16(10-5-4-6-10)13(9-15)11-7-2-3-8-12(11)14/h2-3,7-8,10,13H,4-6,9,15H2,1H3. The fourth-order valence-electron chi connectivity index (χ4n) is 2.31. The lowest BCUT2D eigenvalue weighted by Gasteiger charge is -2.40. The van der Waals surface area contributed by atoms with Gasteiger partial charge in [-0.3, -0.25) is 4.90 Å². The maximum atomic E-state index is 5.93. The first-order chi connectivity index (χ1) is 7.74. The van der Waals surface area contributed by atoms with Crippen LogP contribution in [0, 0.1) is 0 Å². The summed E-state index contributed by atoms with van der Waals surface area (Å²) in [6.07, 6.45) is 4.00. The fourth-order valence-corrected chi connectivity index (χ4v) is 2.86. The van der Waals surface area contributed by atoms with Crippen molar-refractivity contribution in [2.24, 2.45) is 5.73 Å². The number of rotatable bonds is 4. The summed E-state index contributed by atoms with van der Waals surface area (Å²) in [7, 11) is 2.20. The maximum absolute atomic E-state index is 5.93. The van der Waals surface area contributed by atoms with Crippen LogP contribution in [-0.2, 0) is 0 Å². The van der Waals surface area contributed by atoms with E-state index in [4.69, 9.17) is 5.73 Å². The van der Waals surface area contributed by atoms with E-state index in [1.54, 1.807) is 0 Å². The summed E-state index contributed by atoms with van der Waals surface area (Å²) in [5, 5.41) is 0. The van der Waals surface area contributed by atoms with Crippen LogP contribution >= 0.6 is 15.9 Å². The van der Waals surface area contributed by atoms with Crippen molar-refractivity contribution < 1.29 is 0 Å². The number of benzene rings is 1. The molecule has 88 valence electrons. The van der Waals surface area contributed by atoms with E-state index in [1.807, 2.05) is 6.07 Å². The normalized spacial score (nSPS) is 18.5. The highest BCUT2D eigenvalue weighted by Gasteiger charge is 2.28. The Kier molecular flexibility index (Phi) is 4.00. The van der Waals surface area contributed by atoms with Crippen molar-refractivity contribution in [2.75, 3.05) is 13.6 Å². The Hall–Kier alpha value is -0.380. The molecular weight excluding hydrogens is 264 g/mol. The topological polar surface area (TPSA) is 29.3 Å². The minimum absolute atomic E-state index is 0.334. The molecule has 0 saturated heterocycles. The van der Waals surface area contributed by atoms with E-state index >= 15 is 0 Å². The molecule has 1 aliphatic rings. The lowest BCUT2D eigenvalue weighted by Crippen LogP contribution is -2.42. The van der Waals surface area contributed by atoms with Gasteiger partial charge in [0.2, 0.25) is 0 Å². The molecule has 0 heterocycles. The van der Waals surface area contributed by atoms with Crippen LogP contribution in [0.5, 0.6) is 0 Å². The van der Waals surface area contributed by atoms with Crippen LogP contribution in [0.15, 0.2) is 28.7 Å². The second-order valence-electron chi connectivity index (χ2n) is 4.52. The molecule has 16 heavy (non-hydrogen) atoms. The smallest absolute Gasteiger partial charge is 0.0481 e. The third-order valence-corrected chi connectivity index (χ3v) is 4.35. The molecule has 2 rings (SSSR count). The van der Waals surface area contributed by atoms with Gasteiger partial charge in [0.1, 0.15) is 0 Å². The van der Waals surface area contributed by atoms with Crippen molar-refractivity contribution >= 4 is 15.9 Å². The van der Waals surface area contributed by atoms with Gasteiger partial charge in [-0.1, -0.05) is 40.5 Å². The Balaban J connectivity index is 2.18. The van der Waals surface area contributed by atoms with Gasteiger partial charge in [-0.15, -0.1) is 0 Å². The zero-order chi connectivity index (χ0) is 11.5. The zero-order valence-corrected chi connectivity index (χ0v) is 11.3. The van der Waals surface area contributed by atoms with E-state index in [1.165, 1.54) is 24.8 Å². The fraction of sp³-hybridized carbons (Fsp3) is 0.538. The van der Waals surface area contributed by atoms with E-state index in [0.717, 1.165) is 10.5 Å². The Labute approximate surface area is 106 Å². The summed E-state index contributed by atoms with van der Waals surface area (Å²) < 4.78 is 1.16. The molecule has 2 N–H and O–H groups in total. The van der Waals surface area contributed by atoms with Crippen LogP contribution in [0.2, 0.25) is 0 Å². The van der Waals surface area contributed by atoms with Gasteiger partial charge in [0.25, 0.3) is 0 Å². The van der Waals surface area contributed by atoms with E-state index in [2.05, 4.69) is 46.1 Å². The first-order valence-corrected chi connectivity index (χ1v) is 6.69. The van der Waals surface area contributed by atoms with Crippen LogP contribution in [0.25, 0.3) is 0 Å². The largest absolute Gasteiger partial charge is 0.329 e. The lowest BCUT2D eigenvalue weighted by molar-refractivity contribution is 0.113. The average Bonchev–Trinajstić information content (AvgIpc) is 2.19. The number of hydrogen-bond donors (Lipinski definition) is 1. The molecule has 2 nitrogen and oxygen atoms in total. The first-order valence-electron chi connectivity index (χ1n) is 5.90. The molecule has 1 aliphatic carbocycles. The molecular formula is C13H19BrN2. The molecule has 3 heteroatoms. The quantitative estimate of drug-likeness (QED) is 0.920. The second kappa shape index (κ2) is 5.30. The molecule has 1 atom stereocenters. The monoisotopic (exact) mass is 282 g/mol. The molecule has 0 radical (unpaired) electrons. The van der Waals surface area contributed by atoms with E-state index in [9.17, 15) is 0 Å². The van der Waals surface area contributed by atoms with Gasteiger partial charge in [-0.05, 0) is 31.5 Å².